The Labute approximate surface area is 133 Å². The SMILES string of the molecule is CC(NC(=O)c1sccc1-c1ccccc1)c1cccnc1. The molecule has 0 radical (unpaired) electrons. The van der Waals surface area contributed by atoms with Crippen LogP contribution < -0.4 is 5.32 Å². The molecule has 0 saturated carbocycles. The summed E-state index contributed by atoms with van der Waals surface area (Å²) in [6, 6.07) is 15.7. The molecule has 0 bridgehead atoms. The van der Waals surface area contributed by atoms with Crippen LogP contribution in [0.4, 0.5) is 0 Å². The fourth-order valence-corrected chi connectivity index (χ4v) is 3.13. The number of aromatic nitrogens is 1. The van der Waals surface area contributed by atoms with E-state index in [4.69, 9.17) is 0 Å². The molecule has 1 N–H and O–H groups in total. The number of hydrogen-bond donors (Lipinski definition) is 1. The van der Waals surface area contributed by atoms with Gasteiger partial charge in [0.15, 0.2) is 0 Å². The molecule has 22 heavy (non-hydrogen) atoms. The molecule has 110 valence electrons. The molecule has 0 fully saturated rings. The van der Waals surface area contributed by atoms with Gasteiger partial charge in [0.2, 0.25) is 0 Å². The van der Waals surface area contributed by atoms with E-state index < -0.39 is 0 Å². The number of amides is 1. The van der Waals surface area contributed by atoms with Crippen molar-refractivity contribution >= 4 is 17.2 Å². The number of pyridine rings is 1. The van der Waals surface area contributed by atoms with E-state index in [9.17, 15) is 4.79 Å². The van der Waals surface area contributed by atoms with E-state index in [-0.39, 0.29) is 11.9 Å². The first-order valence-electron chi connectivity index (χ1n) is 7.09. The second kappa shape index (κ2) is 6.54. The van der Waals surface area contributed by atoms with Crippen molar-refractivity contribution < 1.29 is 4.79 Å². The van der Waals surface area contributed by atoms with E-state index in [0.29, 0.717) is 0 Å². The number of thiophene rings is 1. The lowest BCUT2D eigenvalue weighted by Gasteiger charge is -2.14. The van der Waals surface area contributed by atoms with E-state index in [1.54, 1.807) is 12.4 Å². The van der Waals surface area contributed by atoms with Gasteiger partial charge in [-0.05, 0) is 35.6 Å². The van der Waals surface area contributed by atoms with Crippen molar-refractivity contribution in [1.82, 2.24) is 10.3 Å². The molecule has 0 aliphatic heterocycles. The summed E-state index contributed by atoms with van der Waals surface area (Å²) in [5, 5.41) is 4.99. The van der Waals surface area contributed by atoms with E-state index in [0.717, 1.165) is 21.6 Å². The summed E-state index contributed by atoms with van der Waals surface area (Å²) in [6.07, 6.45) is 3.50. The highest BCUT2D eigenvalue weighted by atomic mass is 32.1. The Morgan fingerprint density at radius 2 is 1.95 bits per heavy atom. The quantitative estimate of drug-likeness (QED) is 0.780. The van der Waals surface area contributed by atoms with Crippen LogP contribution in [0.2, 0.25) is 0 Å². The van der Waals surface area contributed by atoms with Crippen LogP contribution in [0.5, 0.6) is 0 Å². The molecular weight excluding hydrogens is 292 g/mol. The summed E-state index contributed by atoms with van der Waals surface area (Å²) < 4.78 is 0. The minimum atomic E-state index is -0.0769. The average molecular weight is 308 g/mol. The minimum Gasteiger partial charge on any atom is -0.345 e. The largest absolute Gasteiger partial charge is 0.345 e. The first-order chi connectivity index (χ1) is 10.8. The zero-order valence-electron chi connectivity index (χ0n) is 12.2. The van der Waals surface area contributed by atoms with Crippen LogP contribution in [0.15, 0.2) is 66.3 Å². The maximum absolute atomic E-state index is 12.6. The second-order valence-electron chi connectivity index (χ2n) is 5.01. The third kappa shape index (κ3) is 3.07. The van der Waals surface area contributed by atoms with Crippen LogP contribution >= 0.6 is 11.3 Å². The summed E-state index contributed by atoms with van der Waals surface area (Å²) in [6.45, 7) is 1.96. The molecule has 2 heterocycles. The zero-order valence-corrected chi connectivity index (χ0v) is 13.0. The summed E-state index contributed by atoms with van der Waals surface area (Å²) in [5.41, 5.74) is 3.03. The number of nitrogens with zero attached hydrogens (tertiary/aromatic N) is 1. The van der Waals surface area contributed by atoms with Crippen molar-refractivity contribution in [2.24, 2.45) is 0 Å². The normalized spacial score (nSPS) is 11.9. The molecule has 1 aromatic carbocycles. The third-order valence-electron chi connectivity index (χ3n) is 3.49. The van der Waals surface area contributed by atoms with Crippen molar-refractivity contribution in [3.8, 4) is 11.1 Å². The predicted octanol–water partition coefficient (Wildman–Crippen LogP) is 4.30. The van der Waals surface area contributed by atoms with Gasteiger partial charge in [0.25, 0.3) is 5.91 Å². The first kappa shape index (κ1) is 14.5. The third-order valence-corrected chi connectivity index (χ3v) is 4.40. The van der Waals surface area contributed by atoms with Gasteiger partial charge in [-0.1, -0.05) is 36.4 Å². The van der Waals surface area contributed by atoms with Gasteiger partial charge in [0.1, 0.15) is 0 Å². The van der Waals surface area contributed by atoms with Gasteiger partial charge >= 0.3 is 0 Å². The standard InChI is InChI=1S/C18H16N2OS/c1-13(15-8-5-10-19-12-15)20-18(21)17-16(9-11-22-17)14-6-3-2-4-7-14/h2-13H,1H3,(H,20,21). The Morgan fingerprint density at radius 1 is 1.14 bits per heavy atom. The Kier molecular flexibility index (Phi) is 4.30. The number of carbonyl (C=O) groups is 1. The molecule has 0 aliphatic carbocycles. The fraction of sp³-hybridized carbons (Fsp3) is 0.111. The lowest BCUT2D eigenvalue weighted by atomic mass is 10.1. The maximum atomic E-state index is 12.6. The Bertz CT molecular complexity index is 753. The fourth-order valence-electron chi connectivity index (χ4n) is 2.31. The molecule has 1 atom stereocenters. The van der Waals surface area contributed by atoms with Crippen molar-refractivity contribution in [3.05, 3.63) is 76.7 Å². The molecule has 2 aromatic heterocycles. The number of benzene rings is 1. The van der Waals surface area contributed by atoms with Crippen molar-refractivity contribution in [1.29, 1.82) is 0 Å². The van der Waals surface area contributed by atoms with Gasteiger partial charge < -0.3 is 5.32 Å². The molecule has 3 rings (SSSR count). The minimum absolute atomic E-state index is 0.0507. The number of nitrogens with one attached hydrogen (secondary N) is 1. The predicted molar refractivity (Wildman–Crippen MR) is 89.9 cm³/mol. The second-order valence-corrected chi connectivity index (χ2v) is 5.93. The topological polar surface area (TPSA) is 42.0 Å². The van der Waals surface area contributed by atoms with Gasteiger partial charge in [0.05, 0.1) is 10.9 Å². The monoisotopic (exact) mass is 308 g/mol. The number of hydrogen-bond acceptors (Lipinski definition) is 3. The molecule has 3 nitrogen and oxygen atoms in total. The lowest BCUT2D eigenvalue weighted by Crippen LogP contribution is -2.26. The van der Waals surface area contributed by atoms with Crippen LogP contribution in [0.1, 0.15) is 28.2 Å². The van der Waals surface area contributed by atoms with Gasteiger partial charge in [-0.3, -0.25) is 9.78 Å². The Morgan fingerprint density at radius 3 is 2.68 bits per heavy atom. The van der Waals surface area contributed by atoms with Crippen LogP contribution in [0.25, 0.3) is 11.1 Å². The van der Waals surface area contributed by atoms with Crippen LogP contribution in [0, 0.1) is 0 Å². The lowest BCUT2D eigenvalue weighted by molar-refractivity contribution is 0.0944. The molecule has 0 saturated heterocycles. The highest BCUT2D eigenvalue weighted by Gasteiger charge is 2.17. The molecular formula is C18H16N2OS. The first-order valence-corrected chi connectivity index (χ1v) is 7.97. The van der Waals surface area contributed by atoms with Crippen LogP contribution in [-0.4, -0.2) is 10.9 Å². The summed E-state index contributed by atoms with van der Waals surface area (Å²) in [5.74, 6) is -0.0507. The van der Waals surface area contributed by atoms with Crippen molar-refractivity contribution in [2.75, 3.05) is 0 Å². The summed E-state index contributed by atoms with van der Waals surface area (Å²) >= 11 is 1.46. The molecule has 3 aromatic rings. The maximum Gasteiger partial charge on any atom is 0.262 e. The Hall–Kier alpha value is -2.46. The van der Waals surface area contributed by atoms with E-state index in [1.807, 2.05) is 60.8 Å². The molecule has 1 unspecified atom stereocenters. The van der Waals surface area contributed by atoms with Crippen LogP contribution in [0.3, 0.4) is 0 Å². The zero-order chi connectivity index (χ0) is 15.4. The highest BCUT2D eigenvalue weighted by molar-refractivity contribution is 7.12. The van der Waals surface area contributed by atoms with Gasteiger partial charge in [0, 0.05) is 18.0 Å². The summed E-state index contributed by atoms with van der Waals surface area (Å²) in [7, 11) is 0. The van der Waals surface area contributed by atoms with Crippen LogP contribution in [-0.2, 0) is 0 Å². The van der Waals surface area contributed by atoms with Crippen molar-refractivity contribution in [3.63, 3.8) is 0 Å². The molecule has 0 spiro atoms. The molecule has 1 amide bonds. The Balaban J connectivity index is 1.81. The van der Waals surface area contributed by atoms with Gasteiger partial charge in [-0.25, -0.2) is 0 Å². The molecule has 4 heteroatoms. The van der Waals surface area contributed by atoms with E-state index in [1.165, 1.54) is 11.3 Å². The van der Waals surface area contributed by atoms with Crippen molar-refractivity contribution in [2.45, 2.75) is 13.0 Å². The summed E-state index contributed by atoms with van der Waals surface area (Å²) in [4.78, 5) is 17.4. The van der Waals surface area contributed by atoms with E-state index in [2.05, 4.69) is 10.3 Å². The average Bonchev–Trinajstić information content (AvgIpc) is 3.06. The van der Waals surface area contributed by atoms with Gasteiger partial charge in [-0.15, -0.1) is 11.3 Å². The molecule has 0 aliphatic rings. The van der Waals surface area contributed by atoms with E-state index >= 15 is 0 Å². The number of carbonyl (C=O) groups excluding carboxylic acids is 1. The van der Waals surface area contributed by atoms with Gasteiger partial charge in [-0.2, -0.15) is 0 Å². The smallest absolute Gasteiger partial charge is 0.262 e. The number of rotatable bonds is 4. The highest BCUT2D eigenvalue weighted by Crippen LogP contribution is 2.28.